The fourth-order valence-electron chi connectivity index (χ4n) is 2.12. The molecule has 0 saturated carbocycles. The summed E-state index contributed by atoms with van der Waals surface area (Å²) in [6.45, 7) is 1.47. The van der Waals surface area contributed by atoms with Crippen molar-refractivity contribution in [3.8, 4) is 0 Å². The molecule has 0 fully saturated rings. The minimum atomic E-state index is -0.107. The highest BCUT2D eigenvalue weighted by Gasteiger charge is 2.15. The highest BCUT2D eigenvalue weighted by atomic mass is 16.1. The number of carbonyl (C=O) groups is 2. The standard InChI is InChI=1S/C12H13NO2/c1-8(15)13-11-5-9-3-2-4-12(9)10(6-11)7-14/h5-7H,2-4H2,1H3,(H,13,15). The van der Waals surface area contributed by atoms with Gasteiger partial charge in [0.2, 0.25) is 5.91 Å². The van der Waals surface area contributed by atoms with E-state index >= 15 is 0 Å². The number of aryl methyl sites for hydroxylation is 1. The van der Waals surface area contributed by atoms with Crippen molar-refractivity contribution in [3.63, 3.8) is 0 Å². The number of aldehydes is 1. The number of rotatable bonds is 2. The molecule has 0 aromatic heterocycles. The maximum atomic E-state index is 10.9. The predicted octanol–water partition coefficient (Wildman–Crippen LogP) is 1.95. The average molecular weight is 203 g/mol. The molecule has 0 spiro atoms. The fraction of sp³-hybridized carbons (Fsp3) is 0.333. The molecule has 1 N–H and O–H groups in total. The quantitative estimate of drug-likeness (QED) is 0.747. The van der Waals surface area contributed by atoms with Gasteiger partial charge in [0.15, 0.2) is 0 Å². The van der Waals surface area contributed by atoms with E-state index in [1.165, 1.54) is 12.5 Å². The summed E-state index contributed by atoms with van der Waals surface area (Å²) in [5.74, 6) is -0.107. The smallest absolute Gasteiger partial charge is 0.221 e. The van der Waals surface area contributed by atoms with Crippen molar-refractivity contribution in [1.82, 2.24) is 0 Å². The van der Waals surface area contributed by atoms with E-state index in [1.807, 2.05) is 6.07 Å². The molecule has 15 heavy (non-hydrogen) atoms. The molecule has 1 amide bonds. The molecule has 0 radical (unpaired) electrons. The van der Waals surface area contributed by atoms with Gasteiger partial charge in [0, 0.05) is 18.2 Å². The number of hydrogen-bond donors (Lipinski definition) is 1. The maximum absolute atomic E-state index is 10.9. The molecule has 3 heteroatoms. The Kier molecular flexibility index (Phi) is 2.54. The number of nitrogens with one attached hydrogen (secondary N) is 1. The summed E-state index contributed by atoms with van der Waals surface area (Å²) in [5, 5.41) is 2.71. The minimum Gasteiger partial charge on any atom is -0.326 e. The third-order valence-corrected chi connectivity index (χ3v) is 2.70. The second-order valence-electron chi connectivity index (χ2n) is 3.86. The van der Waals surface area contributed by atoms with Gasteiger partial charge in [0.05, 0.1) is 0 Å². The van der Waals surface area contributed by atoms with Gasteiger partial charge in [-0.05, 0) is 42.5 Å². The summed E-state index contributed by atoms with van der Waals surface area (Å²) >= 11 is 0. The zero-order valence-electron chi connectivity index (χ0n) is 8.67. The zero-order chi connectivity index (χ0) is 10.8. The molecule has 0 saturated heterocycles. The van der Waals surface area contributed by atoms with Crippen molar-refractivity contribution >= 4 is 17.9 Å². The van der Waals surface area contributed by atoms with E-state index in [2.05, 4.69) is 5.32 Å². The Labute approximate surface area is 88.5 Å². The Hall–Kier alpha value is -1.64. The van der Waals surface area contributed by atoms with Crippen LogP contribution in [0.5, 0.6) is 0 Å². The molecular formula is C12H13NO2. The molecule has 3 nitrogen and oxygen atoms in total. The van der Waals surface area contributed by atoms with Crippen LogP contribution in [0.4, 0.5) is 5.69 Å². The van der Waals surface area contributed by atoms with Gasteiger partial charge in [-0.3, -0.25) is 9.59 Å². The first-order valence-electron chi connectivity index (χ1n) is 5.09. The number of hydrogen-bond acceptors (Lipinski definition) is 2. The summed E-state index contributed by atoms with van der Waals surface area (Å²) in [5.41, 5.74) is 3.79. The van der Waals surface area contributed by atoms with E-state index in [-0.39, 0.29) is 5.91 Å². The van der Waals surface area contributed by atoms with Gasteiger partial charge >= 0.3 is 0 Å². The van der Waals surface area contributed by atoms with Crippen LogP contribution in [-0.4, -0.2) is 12.2 Å². The van der Waals surface area contributed by atoms with E-state index in [0.29, 0.717) is 5.56 Å². The van der Waals surface area contributed by atoms with Crippen molar-refractivity contribution in [2.45, 2.75) is 26.2 Å². The van der Waals surface area contributed by atoms with E-state index < -0.39 is 0 Å². The molecular weight excluding hydrogens is 190 g/mol. The van der Waals surface area contributed by atoms with E-state index in [1.54, 1.807) is 6.07 Å². The number of carbonyl (C=O) groups excluding carboxylic acids is 2. The Morgan fingerprint density at radius 2 is 2.20 bits per heavy atom. The van der Waals surface area contributed by atoms with Crippen LogP contribution in [0.15, 0.2) is 12.1 Å². The van der Waals surface area contributed by atoms with Gasteiger partial charge in [-0.1, -0.05) is 0 Å². The minimum absolute atomic E-state index is 0.107. The van der Waals surface area contributed by atoms with Crippen molar-refractivity contribution in [2.24, 2.45) is 0 Å². The second kappa shape index (κ2) is 3.85. The van der Waals surface area contributed by atoms with Crippen LogP contribution in [0.2, 0.25) is 0 Å². The molecule has 0 atom stereocenters. The lowest BCUT2D eigenvalue weighted by molar-refractivity contribution is -0.114. The number of amides is 1. The Bertz CT molecular complexity index is 424. The van der Waals surface area contributed by atoms with Crippen LogP contribution < -0.4 is 5.32 Å². The van der Waals surface area contributed by atoms with Gasteiger partial charge < -0.3 is 5.32 Å². The lowest BCUT2D eigenvalue weighted by Gasteiger charge is -2.08. The SMILES string of the molecule is CC(=O)Nc1cc(C=O)c2c(c1)CCC2. The first-order valence-corrected chi connectivity index (χ1v) is 5.09. The average Bonchev–Trinajstić information content (AvgIpc) is 2.63. The molecule has 0 bridgehead atoms. The van der Waals surface area contributed by atoms with Crippen LogP contribution in [0, 0.1) is 0 Å². The first kappa shape index (κ1) is 9.90. The Morgan fingerprint density at radius 3 is 2.87 bits per heavy atom. The highest BCUT2D eigenvalue weighted by molar-refractivity contribution is 5.91. The third-order valence-electron chi connectivity index (χ3n) is 2.70. The molecule has 2 rings (SSSR count). The Morgan fingerprint density at radius 1 is 1.40 bits per heavy atom. The summed E-state index contributed by atoms with van der Waals surface area (Å²) in [4.78, 5) is 21.8. The topological polar surface area (TPSA) is 46.2 Å². The lowest BCUT2D eigenvalue weighted by atomic mass is 10.0. The number of anilines is 1. The molecule has 1 aliphatic carbocycles. The monoisotopic (exact) mass is 203 g/mol. The van der Waals surface area contributed by atoms with Crippen molar-refractivity contribution < 1.29 is 9.59 Å². The first-order chi connectivity index (χ1) is 7.20. The van der Waals surface area contributed by atoms with Crippen LogP contribution in [0.3, 0.4) is 0 Å². The molecule has 1 aliphatic rings. The fourth-order valence-corrected chi connectivity index (χ4v) is 2.12. The van der Waals surface area contributed by atoms with Crippen molar-refractivity contribution in [3.05, 3.63) is 28.8 Å². The van der Waals surface area contributed by atoms with Crippen LogP contribution in [-0.2, 0) is 17.6 Å². The van der Waals surface area contributed by atoms with Gasteiger partial charge in [-0.2, -0.15) is 0 Å². The molecule has 78 valence electrons. The summed E-state index contributed by atoms with van der Waals surface area (Å²) in [6.07, 6.45) is 3.95. The summed E-state index contributed by atoms with van der Waals surface area (Å²) in [7, 11) is 0. The van der Waals surface area contributed by atoms with E-state index in [0.717, 1.165) is 36.8 Å². The maximum Gasteiger partial charge on any atom is 0.221 e. The largest absolute Gasteiger partial charge is 0.326 e. The molecule has 0 aliphatic heterocycles. The normalized spacial score (nSPS) is 13.4. The highest BCUT2D eigenvalue weighted by Crippen LogP contribution is 2.28. The molecule has 0 unspecified atom stereocenters. The van der Waals surface area contributed by atoms with Crippen LogP contribution >= 0.6 is 0 Å². The van der Waals surface area contributed by atoms with Crippen LogP contribution in [0.25, 0.3) is 0 Å². The Balaban J connectivity index is 2.43. The lowest BCUT2D eigenvalue weighted by Crippen LogP contribution is -2.07. The second-order valence-corrected chi connectivity index (χ2v) is 3.86. The molecule has 1 aromatic carbocycles. The van der Waals surface area contributed by atoms with Crippen LogP contribution in [0.1, 0.15) is 34.8 Å². The zero-order valence-corrected chi connectivity index (χ0v) is 8.67. The van der Waals surface area contributed by atoms with Gasteiger partial charge in [0.1, 0.15) is 6.29 Å². The van der Waals surface area contributed by atoms with E-state index in [9.17, 15) is 9.59 Å². The van der Waals surface area contributed by atoms with Gasteiger partial charge in [-0.25, -0.2) is 0 Å². The summed E-state index contributed by atoms with van der Waals surface area (Å²) < 4.78 is 0. The van der Waals surface area contributed by atoms with Gasteiger partial charge in [0.25, 0.3) is 0 Å². The van der Waals surface area contributed by atoms with Crippen molar-refractivity contribution in [2.75, 3.05) is 5.32 Å². The molecule has 1 aromatic rings. The molecule has 0 heterocycles. The van der Waals surface area contributed by atoms with Crippen molar-refractivity contribution in [1.29, 1.82) is 0 Å². The predicted molar refractivity (Wildman–Crippen MR) is 58.2 cm³/mol. The summed E-state index contributed by atoms with van der Waals surface area (Å²) in [6, 6.07) is 3.72. The third kappa shape index (κ3) is 1.91. The van der Waals surface area contributed by atoms with Gasteiger partial charge in [-0.15, -0.1) is 0 Å². The van der Waals surface area contributed by atoms with E-state index in [4.69, 9.17) is 0 Å². The number of benzene rings is 1. The number of fused-ring (bicyclic) bond motifs is 1.